The van der Waals surface area contributed by atoms with Crippen molar-refractivity contribution in [3.63, 3.8) is 0 Å². The van der Waals surface area contributed by atoms with Gasteiger partial charge < -0.3 is 9.64 Å². The van der Waals surface area contributed by atoms with Crippen molar-refractivity contribution in [2.75, 3.05) is 0 Å². The summed E-state index contributed by atoms with van der Waals surface area (Å²) in [4.78, 5) is 18.8. The molecule has 2 aliphatic rings. The first-order valence-electron chi connectivity index (χ1n) is 10.0. The molecule has 1 aromatic heterocycles. The third-order valence-electron chi connectivity index (χ3n) is 5.89. The first-order chi connectivity index (χ1) is 14.3. The van der Waals surface area contributed by atoms with Crippen LogP contribution >= 0.6 is 11.6 Å². The number of carbonyl (C=O) groups excluding carboxylic acids is 1. The zero-order valence-electron chi connectivity index (χ0n) is 16.2. The van der Waals surface area contributed by atoms with Crippen LogP contribution in [0.15, 0.2) is 42.7 Å². The lowest BCUT2D eigenvalue weighted by atomic mass is 9.98. The summed E-state index contributed by atoms with van der Waals surface area (Å²) in [5.41, 5.74) is -0.397. The highest BCUT2D eigenvalue weighted by atomic mass is 35.5. The highest BCUT2D eigenvalue weighted by Gasteiger charge is 2.43. The van der Waals surface area contributed by atoms with Crippen molar-refractivity contribution in [2.45, 2.75) is 62.9 Å². The van der Waals surface area contributed by atoms with Crippen molar-refractivity contribution in [1.29, 1.82) is 0 Å². The van der Waals surface area contributed by atoms with E-state index in [4.69, 9.17) is 16.3 Å². The highest BCUT2D eigenvalue weighted by molar-refractivity contribution is 6.31. The molecule has 2 saturated heterocycles. The summed E-state index contributed by atoms with van der Waals surface area (Å²) in [5, 5.41) is -0.327. The van der Waals surface area contributed by atoms with E-state index < -0.39 is 11.7 Å². The monoisotopic (exact) mass is 438 g/mol. The largest absolute Gasteiger partial charge is 0.490 e. The summed E-state index contributed by atoms with van der Waals surface area (Å²) in [6.07, 6.45) is 2.76. The first kappa shape index (κ1) is 21.0. The van der Waals surface area contributed by atoms with E-state index in [1.807, 2.05) is 17.0 Å². The number of pyridine rings is 1. The Morgan fingerprint density at radius 1 is 1.13 bits per heavy atom. The van der Waals surface area contributed by atoms with Gasteiger partial charge in [0.1, 0.15) is 11.9 Å². The van der Waals surface area contributed by atoms with Crippen molar-refractivity contribution in [2.24, 2.45) is 0 Å². The van der Waals surface area contributed by atoms with Crippen molar-refractivity contribution >= 4 is 17.5 Å². The second kappa shape index (κ2) is 8.46. The smallest absolute Gasteiger partial charge is 0.417 e. The van der Waals surface area contributed by atoms with Crippen LogP contribution in [0.25, 0.3) is 0 Å². The van der Waals surface area contributed by atoms with Gasteiger partial charge in [-0.25, -0.2) is 0 Å². The van der Waals surface area contributed by atoms with E-state index in [2.05, 4.69) is 4.98 Å². The number of benzene rings is 1. The van der Waals surface area contributed by atoms with Crippen LogP contribution in [0.4, 0.5) is 13.2 Å². The number of amides is 1. The number of fused-ring (bicyclic) bond motifs is 2. The van der Waals surface area contributed by atoms with E-state index in [1.54, 1.807) is 18.5 Å². The van der Waals surface area contributed by atoms with E-state index in [0.717, 1.165) is 37.5 Å². The van der Waals surface area contributed by atoms with Gasteiger partial charge in [-0.3, -0.25) is 9.78 Å². The van der Waals surface area contributed by atoms with Crippen LogP contribution in [-0.2, 0) is 17.4 Å². The molecule has 1 amide bonds. The minimum Gasteiger partial charge on any atom is -0.490 e. The van der Waals surface area contributed by atoms with Gasteiger partial charge in [-0.2, -0.15) is 13.2 Å². The molecule has 0 spiro atoms. The van der Waals surface area contributed by atoms with E-state index in [-0.39, 0.29) is 42.0 Å². The minimum absolute atomic E-state index is 0.00614. The van der Waals surface area contributed by atoms with Crippen LogP contribution in [0, 0.1) is 0 Å². The van der Waals surface area contributed by atoms with Gasteiger partial charge in [0.2, 0.25) is 5.91 Å². The summed E-state index contributed by atoms with van der Waals surface area (Å²) in [6.45, 7) is 0. The molecule has 8 heteroatoms. The fraction of sp³-hybridized carbons (Fsp3) is 0.455. The first-order valence-corrected chi connectivity index (χ1v) is 10.4. The molecule has 160 valence electrons. The quantitative estimate of drug-likeness (QED) is 0.637. The Morgan fingerprint density at radius 2 is 1.80 bits per heavy atom. The second-order valence-electron chi connectivity index (χ2n) is 7.89. The number of ether oxygens (including phenoxy) is 1. The molecule has 1 aromatic carbocycles. The number of halogens is 4. The topological polar surface area (TPSA) is 42.4 Å². The van der Waals surface area contributed by atoms with Crippen molar-refractivity contribution in [1.82, 2.24) is 9.88 Å². The lowest BCUT2D eigenvalue weighted by Crippen LogP contribution is -2.49. The van der Waals surface area contributed by atoms with Gasteiger partial charge in [-0.15, -0.1) is 0 Å². The molecule has 30 heavy (non-hydrogen) atoms. The normalized spacial score (nSPS) is 23.5. The highest BCUT2D eigenvalue weighted by Crippen LogP contribution is 2.38. The molecule has 4 rings (SSSR count). The maximum absolute atomic E-state index is 13.0. The molecule has 4 nitrogen and oxygen atoms in total. The molecule has 2 aromatic rings. The van der Waals surface area contributed by atoms with Gasteiger partial charge in [0.15, 0.2) is 0 Å². The van der Waals surface area contributed by atoms with E-state index in [1.165, 1.54) is 6.07 Å². The van der Waals surface area contributed by atoms with Crippen LogP contribution in [0.2, 0.25) is 5.02 Å². The maximum Gasteiger partial charge on any atom is 0.417 e. The van der Waals surface area contributed by atoms with Crippen molar-refractivity contribution in [3.8, 4) is 5.75 Å². The van der Waals surface area contributed by atoms with Gasteiger partial charge in [0.05, 0.1) is 10.6 Å². The fourth-order valence-electron chi connectivity index (χ4n) is 4.57. The van der Waals surface area contributed by atoms with Crippen LogP contribution in [0.3, 0.4) is 0 Å². The van der Waals surface area contributed by atoms with E-state index in [0.29, 0.717) is 5.56 Å². The molecule has 2 aliphatic heterocycles. The molecule has 0 radical (unpaired) electrons. The Bertz CT molecular complexity index is 893. The molecular formula is C22H22ClF3N2O2. The Labute approximate surface area is 178 Å². The maximum atomic E-state index is 13.0. The van der Waals surface area contributed by atoms with Crippen LogP contribution in [0.5, 0.6) is 5.75 Å². The molecule has 0 N–H and O–H groups in total. The number of aryl methyl sites for hydroxylation is 1. The van der Waals surface area contributed by atoms with Crippen LogP contribution in [-0.4, -0.2) is 34.0 Å². The number of carbonyl (C=O) groups is 1. The fourth-order valence-corrected chi connectivity index (χ4v) is 4.79. The molecule has 3 heterocycles. The summed E-state index contributed by atoms with van der Waals surface area (Å²) in [5.74, 6) is 0.769. The lowest BCUT2D eigenvalue weighted by Gasteiger charge is -2.39. The number of piperidine rings is 1. The van der Waals surface area contributed by atoms with Crippen molar-refractivity contribution < 1.29 is 22.7 Å². The summed E-state index contributed by atoms with van der Waals surface area (Å²) in [7, 11) is 0. The zero-order chi connectivity index (χ0) is 21.3. The molecule has 2 bridgehead atoms. The molecule has 0 aliphatic carbocycles. The van der Waals surface area contributed by atoms with Crippen molar-refractivity contribution in [3.05, 3.63) is 58.9 Å². The standard InChI is InChI=1S/C22H22ClF3N2O2/c23-20-5-1-14(11-19(20)22(24,25)26)2-6-21(29)28-15-3-4-16(28)13-18(12-15)30-17-7-9-27-10-8-17/h1,5,7-11,15-16,18H,2-4,6,12-13H2. The Kier molecular flexibility index (Phi) is 5.91. The van der Waals surface area contributed by atoms with E-state index >= 15 is 0 Å². The number of hydrogen-bond acceptors (Lipinski definition) is 3. The predicted molar refractivity (Wildman–Crippen MR) is 106 cm³/mol. The number of aromatic nitrogens is 1. The van der Waals surface area contributed by atoms with Gasteiger partial charge in [-0.1, -0.05) is 17.7 Å². The lowest BCUT2D eigenvalue weighted by molar-refractivity contribution is -0.137. The van der Waals surface area contributed by atoms with Crippen LogP contribution in [0.1, 0.15) is 43.2 Å². The average Bonchev–Trinajstić information content (AvgIpc) is 2.98. The number of rotatable bonds is 5. The van der Waals surface area contributed by atoms with Gasteiger partial charge >= 0.3 is 6.18 Å². The number of alkyl halides is 3. The summed E-state index contributed by atoms with van der Waals surface area (Å²) >= 11 is 5.67. The molecule has 2 fully saturated rings. The zero-order valence-corrected chi connectivity index (χ0v) is 17.0. The second-order valence-corrected chi connectivity index (χ2v) is 8.30. The summed E-state index contributed by atoms with van der Waals surface area (Å²) in [6, 6.07) is 7.72. The predicted octanol–water partition coefficient (Wildman–Crippen LogP) is 5.29. The minimum atomic E-state index is -4.51. The molecular weight excluding hydrogens is 417 g/mol. The third-order valence-corrected chi connectivity index (χ3v) is 6.22. The van der Waals surface area contributed by atoms with E-state index in [9.17, 15) is 18.0 Å². The number of nitrogens with zero attached hydrogens (tertiary/aromatic N) is 2. The average molecular weight is 439 g/mol. The molecule has 0 saturated carbocycles. The third kappa shape index (κ3) is 4.56. The Morgan fingerprint density at radius 3 is 2.43 bits per heavy atom. The SMILES string of the molecule is O=C(CCc1ccc(Cl)c(C(F)(F)F)c1)N1C2CCC1CC(Oc1ccncc1)C2. The molecule has 2 atom stereocenters. The molecule has 2 unspecified atom stereocenters. The van der Waals surface area contributed by atoms with Crippen LogP contribution < -0.4 is 4.74 Å². The Balaban J connectivity index is 1.36. The van der Waals surface area contributed by atoms with Gasteiger partial charge in [0, 0.05) is 43.7 Å². The van der Waals surface area contributed by atoms with Gasteiger partial charge in [-0.05, 0) is 49.1 Å². The summed E-state index contributed by atoms with van der Waals surface area (Å²) < 4.78 is 45.2. The number of hydrogen-bond donors (Lipinski definition) is 0. The Hall–Kier alpha value is -2.28. The van der Waals surface area contributed by atoms with Gasteiger partial charge in [0.25, 0.3) is 0 Å².